The molecule has 0 saturated carbocycles. The Morgan fingerprint density at radius 2 is 2.19 bits per heavy atom. The molecular weight excluding hydrogens is 266 g/mol. The predicted octanol–water partition coefficient (Wildman–Crippen LogP) is 1.81. The van der Waals surface area contributed by atoms with E-state index in [0.29, 0.717) is 19.1 Å². The van der Waals surface area contributed by atoms with Gasteiger partial charge in [0.15, 0.2) is 0 Å². The molecule has 0 aliphatic heterocycles. The Balaban J connectivity index is 1.71. The molecule has 2 aromatic rings. The number of aryl methyl sites for hydroxylation is 1. The van der Waals surface area contributed by atoms with Crippen LogP contribution in [0.25, 0.3) is 0 Å². The van der Waals surface area contributed by atoms with E-state index >= 15 is 0 Å². The van der Waals surface area contributed by atoms with E-state index in [9.17, 15) is 0 Å². The fourth-order valence-electron chi connectivity index (χ4n) is 1.81. The van der Waals surface area contributed by atoms with Gasteiger partial charge in [-0.1, -0.05) is 19.1 Å². The number of nitrogens with one attached hydrogen (secondary N) is 1. The second-order valence-corrected chi connectivity index (χ2v) is 5.48. The molecule has 6 nitrogen and oxygen atoms in total. The SMILES string of the molecule is Cc1ccc(OCCn2cc(CNCC(C)C)nn2)cn1. The first-order chi connectivity index (χ1) is 10.1. The fraction of sp³-hybridized carbons (Fsp3) is 0.533. The molecule has 2 aromatic heterocycles. The van der Waals surface area contributed by atoms with Gasteiger partial charge in [-0.25, -0.2) is 4.68 Å². The zero-order valence-electron chi connectivity index (χ0n) is 12.9. The van der Waals surface area contributed by atoms with Crippen LogP contribution in [0.3, 0.4) is 0 Å². The van der Waals surface area contributed by atoms with Crippen LogP contribution in [-0.4, -0.2) is 33.1 Å². The van der Waals surface area contributed by atoms with Gasteiger partial charge in [0.2, 0.25) is 0 Å². The average Bonchev–Trinajstić information content (AvgIpc) is 2.88. The maximum absolute atomic E-state index is 5.62. The van der Waals surface area contributed by atoms with Crippen LogP contribution in [0.5, 0.6) is 5.75 Å². The molecule has 0 aliphatic carbocycles. The second kappa shape index (κ2) is 7.73. The van der Waals surface area contributed by atoms with E-state index in [1.807, 2.05) is 25.3 Å². The first-order valence-electron chi connectivity index (χ1n) is 7.28. The summed E-state index contributed by atoms with van der Waals surface area (Å²) >= 11 is 0. The third-order valence-electron chi connectivity index (χ3n) is 2.92. The summed E-state index contributed by atoms with van der Waals surface area (Å²) in [5.41, 5.74) is 1.94. The number of nitrogens with zero attached hydrogens (tertiary/aromatic N) is 4. The molecule has 0 aromatic carbocycles. The lowest BCUT2D eigenvalue weighted by Gasteiger charge is -2.05. The van der Waals surface area contributed by atoms with Gasteiger partial charge in [-0.2, -0.15) is 0 Å². The van der Waals surface area contributed by atoms with Crippen molar-refractivity contribution in [1.29, 1.82) is 0 Å². The maximum atomic E-state index is 5.62. The summed E-state index contributed by atoms with van der Waals surface area (Å²) in [4.78, 5) is 4.19. The van der Waals surface area contributed by atoms with Gasteiger partial charge >= 0.3 is 0 Å². The van der Waals surface area contributed by atoms with E-state index < -0.39 is 0 Å². The topological polar surface area (TPSA) is 64.9 Å². The predicted molar refractivity (Wildman–Crippen MR) is 81.0 cm³/mol. The van der Waals surface area contributed by atoms with Crippen LogP contribution in [0.2, 0.25) is 0 Å². The zero-order valence-corrected chi connectivity index (χ0v) is 12.9. The normalized spacial score (nSPS) is 11.0. The Hall–Kier alpha value is -1.95. The Morgan fingerprint density at radius 3 is 2.90 bits per heavy atom. The molecular formula is C15H23N5O. The summed E-state index contributed by atoms with van der Waals surface area (Å²) < 4.78 is 7.42. The molecule has 0 amide bonds. The Morgan fingerprint density at radius 1 is 1.33 bits per heavy atom. The van der Waals surface area contributed by atoms with E-state index in [1.54, 1.807) is 10.9 Å². The largest absolute Gasteiger partial charge is 0.490 e. The van der Waals surface area contributed by atoms with Crippen LogP contribution < -0.4 is 10.1 Å². The van der Waals surface area contributed by atoms with Gasteiger partial charge in [-0.15, -0.1) is 5.10 Å². The molecule has 0 spiro atoms. The highest BCUT2D eigenvalue weighted by molar-refractivity contribution is 5.18. The van der Waals surface area contributed by atoms with Crippen LogP contribution in [0, 0.1) is 12.8 Å². The molecule has 1 N–H and O–H groups in total. The van der Waals surface area contributed by atoms with E-state index in [-0.39, 0.29) is 0 Å². The van der Waals surface area contributed by atoms with Crippen molar-refractivity contribution in [2.45, 2.75) is 33.9 Å². The van der Waals surface area contributed by atoms with Crippen molar-refractivity contribution in [3.05, 3.63) is 35.9 Å². The molecule has 0 atom stereocenters. The first kappa shape index (κ1) is 15.4. The van der Waals surface area contributed by atoms with E-state index in [2.05, 4.69) is 34.5 Å². The molecule has 0 radical (unpaired) electrons. The van der Waals surface area contributed by atoms with E-state index in [1.165, 1.54) is 0 Å². The van der Waals surface area contributed by atoms with Crippen molar-refractivity contribution in [1.82, 2.24) is 25.3 Å². The number of rotatable bonds is 8. The minimum atomic E-state index is 0.549. The average molecular weight is 289 g/mol. The molecule has 21 heavy (non-hydrogen) atoms. The van der Waals surface area contributed by atoms with Crippen molar-refractivity contribution in [3.63, 3.8) is 0 Å². The summed E-state index contributed by atoms with van der Waals surface area (Å²) in [6.07, 6.45) is 3.68. The number of pyridine rings is 1. The fourth-order valence-corrected chi connectivity index (χ4v) is 1.81. The Bertz CT molecular complexity index is 535. The smallest absolute Gasteiger partial charge is 0.137 e. The zero-order chi connectivity index (χ0) is 15.1. The molecule has 0 aliphatic rings. The summed E-state index contributed by atoms with van der Waals surface area (Å²) in [6.45, 7) is 9.27. The molecule has 0 saturated heterocycles. The molecule has 6 heteroatoms. The highest BCUT2D eigenvalue weighted by Gasteiger charge is 2.02. The highest BCUT2D eigenvalue weighted by atomic mass is 16.5. The van der Waals surface area contributed by atoms with Gasteiger partial charge in [0.1, 0.15) is 12.4 Å². The lowest BCUT2D eigenvalue weighted by molar-refractivity contribution is 0.288. The molecule has 0 bridgehead atoms. The van der Waals surface area contributed by atoms with Gasteiger partial charge in [0.25, 0.3) is 0 Å². The van der Waals surface area contributed by atoms with Crippen LogP contribution in [0.4, 0.5) is 0 Å². The molecule has 0 fully saturated rings. The van der Waals surface area contributed by atoms with Crippen molar-refractivity contribution in [3.8, 4) is 5.75 Å². The standard InChI is InChI=1S/C15H23N5O/c1-12(2)8-16-9-14-11-20(19-18-14)6-7-21-15-5-4-13(3)17-10-15/h4-5,10-12,16H,6-9H2,1-3H3. The number of hydrogen-bond donors (Lipinski definition) is 1. The summed E-state index contributed by atoms with van der Waals surface area (Å²) in [5.74, 6) is 1.41. The Labute approximate surface area is 125 Å². The van der Waals surface area contributed by atoms with Gasteiger partial charge < -0.3 is 10.1 Å². The van der Waals surface area contributed by atoms with Gasteiger partial charge in [0, 0.05) is 18.4 Å². The summed E-state index contributed by atoms with van der Waals surface area (Å²) in [6, 6.07) is 3.86. The third-order valence-corrected chi connectivity index (χ3v) is 2.92. The quantitative estimate of drug-likeness (QED) is 0.803. The summed E-state index contributed by atoms with van der Waals surface area (Å²) in [7, 11) is 0. The van der Waals surface area contributed by atoms with Crippen LogP contribution in [-0.2, 0) is 13.1 Å². The molecule has 2 heterocycles. The summed E-state index contributed by atoms with van der Waals surface area (Å²) in [5, 5.41) is 11.6. The van der Waals surface area contributed by atoms with E-state index in [4.69, 9.17) is 4.74 Å². The highest BCUT2D eigenvalue weighted by Crippen LogP contribution is 2.08. The van der Waals surface area contributed by atoms with Crippen LogP contribution in [0.15, 0.2) is 24.5 Å². The minimum Gasteiger partial charge on any atom is -0.490 e. The van der Waals surface area contributed by atoms with Gasteiger partial charge in [-0.3, -0.25) is 4.98 Å². The number of ether oxygens (including phenoxy) is 1. The molecule has 2 rings (SSSR count). The van der Waals surface area contributed by atoms with Crippen LogP contribution >= 0.6 is 0 Å². The van der Waals surface area contributed by atoms with Crippen molar-refractivity contribution < 1.29 is 4.74 Å². The lowest BCUT2D eigenvalue weighted by Crippen LogP contribution is -2.19. The van der Waals surface area contributed by atoms with Crippen LogP contribution in [0.1, 0.15) is 25.2 Å². The monoisotopic (exact) mass is 289 g/mol. The first-order valence-corrected chi connectivity index (χ1v) is 7.28. The number of hydrogen-bond acceptors (Lipinski definition) is 5. The van der Waals surface area contributed by atoms with Crippen molar-refractivity contribution in [2.75, 3.05) is 13.2 Å². The number of aromatic nitrogens is 4. The van der Waals surface area contributed by atoms with Crippen molar-refractivity contribution in [2.24, 2.45) is 5.92 Å². The molecule has 114 valence electrons. The van der Waals surface area contributed by atoms with E-state index in [0.717, 1.165) is 30.2 Å². The van der Waals surface area contributed by atoms with Crippen molar-refractivity contribution >= 4 is 0 Å². The van der Waals surface area contributed by atoms with Gasteiger partial charge in [0.05, 0.1) is 18.4 Å². The lowest BCUT2D eigenvalue weighted by atomic mass is 10.2. The molecule has 0 unspecified atom stereocenters. The minimum absolute atomic E-state index is 0.549. The van der Waals surface area contributed by atoms with Gasteiger partial charge in [-0.05, 0) is 31.5 Å². The third kappa shape index (κ3) is 5.51. The second-order valence-electron chi connectivity index (χ2n) is 5.48. The Kier molecular flexibility index (Phi) is 5.68. The maximum Gasteiger partial charge on any atom is 0.137 e.